The average Bonchev–Trinajstić information content (AvgIpc) is 1.79. The first-order valence-corrected chi connectivity index (χ1v) is 36.6. The second-order valence-corrected chi connectivity index (χ2v) is 30.7. The second kappa shape index (κ2) is 32.8. The van der Waals surface area contributed by atoms with Gasteiger partial charge in [0.15, 0.2) is 19.2 Å². The molecule has 0 spiro atoms. The van der Waals surface area contributed by atoms with Crippen LogP contribution in [-0.4, -0.2) is 141 Å². The molecule has 0 saturated carbocycles. The van der Waals surface area contributed by atoms with Crippen LogP contribution in [0, 0.1) is 16.2 Å². The molecule has 15 heterocycles. The molecular formula is C68H84Cl2N16O5S4. The van der Waals surface area contributed by atoms with Crippen molar-refractivity contribution in [3.63, 3.8) is 0 Å². The summed E-state index contributed by atoms with van der Waals surface area (Å²) in [7, 11) is 0. The number of aryl methyl sites for hydroxylation is 4. The Morgan fingerprint density at radius 2 is 0.937 bits per heavy atom. The molecule has 3 saturated heterocycles. The number of aromatic nitrogens is 8. The molecule has 7 aliphatic rings. The molecule has 0 bridgehead atoms. The van der Waals surface area contributed by atoms with E-state index >= 15 is 0 Å². The van der Waals surface area contributed by atoms with Crippen LogP contribution in [0.5, 0.6) is 0 Å². The number of nitrogens with zero attached hydrogens (tertiary/aromatic N) is 13. The quantitative estimate of drug-likeness (QED) is 0.105. The largest absolute Gasteiger partial charge is 0.477 e. The predicted molar refractivity (Wildman–Crippen MR) is 384 cm³/mol. The number of carboxylic acid groups (broad SMARTS) is 1. The van der Waals surface area contributed by atoms with Crippen molar-refractivity contribution in [3.05, 3.63) is 149 Å². The third kappa shape index (κ3) is 18.1. The van der Waals surface area contributed by atoms with Crippen LogP contribution in [0.3, 0.4) is 0 Å². The van der Waals surface area contributed by atoms with Gasteiger partial charge in [-0.05, 0) is 161 Å². The van der Waals surface area contributed by atoms with E-state index in [-0.39, 0.29) is 32.5 Å². The van der Waals surface area contributed by atoms with Crippen molar-refractivity contribution in [2.24, 2.45) is 22.0 Å². The summed E-state index contributed by atoms with van der Waals surface area (Å²) in [5.74, 6) is -0.957. The number of nitrogens with two attached hydrogens (primary N) is 1. The Bertz CT molecular complexity index is 3740. The fourth-order valence-electron chi connectivity index (χ4n) is 12.2. The van der Waals surface area contributed by atoms with Crippen molar-refractivity contribution in [3.8, 4) is 0 Å². The topological polar surface area (TPSA) is 258 Å². The smallest absolute Gasteiger partial charge is 0.347 e. The van der Waals surface area contributed by atoms with Crippen LogP contribution in [0.15, 0.2) is 98.1 Å². The lowest BCUT2D eigenvalue weighted by molar-refractivity contribution is 0.0701. The van der Waals surface area contributed by atoms with Gasteiger partial charge < -0.3 is 46.0 Å². The highest BCUT2D eigenvalue weighted by Crippen LogP contribution is 2.39. The minimum Gasteiger partial charge on any atom is -0.477 e. The number of fused-ring (bicyclic) bond motifs is 4. The second-order valence-electron chi connectivity index (χ2n) is 25.5. The molecule has 0 radical (unpaired) electrons. The van der Waals surface area contributed by atoms with Gasteiger partial charge in [0.25, 0.3) is 17.7 Å². The maximum Gasteiger partial charge on any atom is 0.347 e. The van der Waals surface area contributed by atoms with E-state index in [0.29, 0.717) is 38.1 Å². The predicted octanol–water partition coefficient (Wildman–Crippen LogP) is 13.2. The Morgan fingerprint density at radius 3 is 1.32 bits per heavy atom. The molecule has 7 aliphatic heterocycles. The Hall–Kier alpha value is -7.10. The Morgan fingerprint density at radius 1 is 0.516 bits per heavy atom. The number of anilines is 6. The maximum atomic E-state index is 13.0. The molecular weight excluding hydrogens is 1320 g/mol. The summed E-state index contributed by atoms with van der Waals surface area (Å²) in [5, 5.41) is 16.9. The number of carbonyl (C=O) groups excluding carboxylic acids is 3. The third-order valence-electron chi connectivity index (χ3n) is 18.5. The summed E-state index contributed by atoms with van der Waals surface area (Å²) in [5.41, 5.74) is 15.3. The first-order chi connectivity index (χ1) is 45.9. The summed E-state index contributed by atoms with van der Waals surface area (Å²) >= 11 is 16.3. The van der Waals surface area contributed by atoms with Crippen LogP contribution in [0.25, 0.3) is 0 Å². The van der Waals surface area contributed by atoms with E-state index in [2.05, 4.69) is 101 Å². The molecule has 8 aromatic heterocycles. The minimum atomic E-state index is -0.987. The van der Waals surface area contributed by atoms with Crippen LogP contribution in [0.4, 0.5) is 33.0 Å². The maximum absolute atomic E-state index is 13.0. The van der Waals surface area contributed by atoms with Crippen LogP contribution < -0.4 is 40.9 Å². The molecule has 8 aromatic rings. The van der Waals surface area contributed by atoms with Gasteiger partial charge in [-0.1, -0.05) is 103 Å². The van der Waals surface area contributed by atoms with Crippen LogP contribution in [0.1, 0.15) is 154 Å². The number of aromatic carboxylic acids is 1. The highest BCUT2D eigenvalue weighted by molar-refractivity contribution is 7.18. The van der Waals surface area contributed by atoms with E-state index in [1.807, 2.05) is 58.5 Å². The highest BCUT2D eigenvalue weighted by atomic mass is 35.5. The number of hydrogen-bond acceptors (Lipinski definition) is 21. The number of amides is 3. The number of thiazole rings is 4. The molecule has 5 N–H and O–H groups in total. The summed E-state index contributed by atoms with van der Waals surface area (Å²) in [6.07, 6.45) is 27.5. The van der Waals surface area contributed by atoms with Crippen LogP contribution >= 0.6 is 68.5 Å². The van der Waals surface area contributed by atoms with Crippen LogP contribution in [-0.2, 0) is 25.7 Å². The zero-order chi connectivity index (χ0) is 67.1. The lowest BCUT2D eigenvalue weighted by Gasteiger charge is -2.28. The number of carbonyl (C=O) groups is 4. The molecule has 504 valence electrons. The first-order valence-electron chi connectivity index (χ1n) is 32.6. The number of nitrogens with one attached hydrogen (secondary N) is 2. The number of rotatable bonds is 9. The Labute approximate surface area is 582 Å². The number of carboxylic acids is 1. The van der Waals surface area contributed by atoms with Gasteiger partial charge in [-0.3, -0.25) is 34.3 Å². The molecule has 3 unspecified atom stereocenters. The third-order valence-corrected chi connectivity index (χ3v) is 22.8. The number of halogens is 2. The standard InChI is InChI=1S/C19H24N4OS.C18H23N5OS.C12H10ClN3OS.C8H10N2.C7H15N.C4H2ClNO2S/c1-3-19(2)8-11-22(13-19)18-21-12-16(25-18)17(24)23-10-5-6-14-15(23)7-4-9-20-14;1-18(11-19)6-9-22(12-18)17-21-10-15(25-17)16(24)23-8-3-4-13-14(23)5-2-7-20-13;13-12-15-7-10(18-12)11(17)16-6-2-3-8-9(16)4-1-5-14-8;1-3-7-8(9-5-1)4-2-6-10-7;1-3-7(2)4-5-8-6-7;5-4-6-1-2(9-4)3(7)8/h4,7,9,12H,3,5-6,8,10-11,13H2,1-2H3;2,5,7,10H,3-4,6,8-9,11-12,19H2,1H3;1,4-5,7H,2-3,6H2;1,3,5,10H,2,4,6H2;8H,3-6H2,1-2H3;1H,(H,7,8). The number of hydrogen-bond donors (Lipinski definition) is 4. The van der Waals surface area contributed by atoms with Crippen molar-refractivity contribution in [2.75, 3.05) is 102 Å². The van der Waals surface area contributed by atoms with Crippen molar-refractivity contribution < 1.29 is 24.3 Å². The SMILES string of the molecule is CC1(CN)CCN(c2ncc(C(=O)N3CCCc4ncccc43)s2)C1.CCC1(C)CCN(c2ncc(C(=O)N3CCCc4ncccc43)s2)C1.CCC1(C)CCNC1.O=C(O)c1cnc(Cl)s1.O=C(c1cnc(Cl)s1)N1CCCc2ncccc21.c1cnc2c(c1)NCCC2. The van der Waals surface area contributed by atoms with Gasteiger partial charge in [0, 0.05) is 83.7 Å². The summed E-state index contributed by atoms with van der Waals surface area (Å²) < 4.78 is 0.647. The lowest BCUT2D eigenvalue weighted by atomic mass is 9.87. The van der Waals surface area contributed by atoms with E-state index < -0.39 is 5.97 Å². The van der Waals surface area contributed by atoms with Crippen molar-refractivity contribution in [2.45, 2.75) is 118 Å². The monoisotopic (exact) mass is 1400 g/mol. The first kappa shape index (κ1) is 70.7. The molecule has 3 amide bonds. The molecule has 3 atom stereocenters. The van der Waals surface area contributed by atoms with Gasteiger partial charge in [-0.15, -0.1) is 0 Å². The molecule has 15 rings (SSSR count). The fraction of sp³-hybridized carbons (Fsp3) is 0.471. The molecule has 27 heteroatoms. The molecule has 3 fully saturated rings. The van der Waals surface area contributed by atoms with Crippen molar-refractivity contribution >= 4 is 125 Å². The van der Waals surface area contributed by atoms with Gasteiger partial charge in [0.1, 0.15) is 19.5 Å². The van der Waals surface area contributed by atoms with E-state index in [1.54, 1.807) is 35.9 Å². The molecule has 95 heavy (non-hydrogen) atoms. The van der Waals surface area contributed by atoms with Gasteiger partial charge >= 0.3 is 5.97 Å². The minimum absolute atomic E-state index is 0.0264. The zero-order valence-electron chi connectivity index (χ0n) is 54.6. The average molecular weight is 1400 g/mol. The van der Waals surface area contributed by atoms with Gasteiger partial charge in [-0.2, -0.15) is 0 Å². The molecule has 0 aromatic carbocycles. The van der Waals surface area contributed by atoms with Gasteiger partial charge in [0.2, 0.25) is 0 Å². The number of pyridine rings is 4. The fourth-order valence-corrected chi connectivity index (χ4v) is 15.7. The highest BCUT2D eigenvalue weighted by Gasteiger charge is 2.37. The zero-order valence-corrected chi connectivity index (χ0v) is 59.3. The van der Waals surface area contributed by atoms with Gasteiger partial charge in [0.05, 0.1) is 70.3 Å². The normalized spacial score (nSPS) is 20.6. The Balaban J connectivity index is 0.000000131. The summed E-state index contributed by atoms with van der Waals surface area (Å²) in [6, 6.07) is 15.6. The Kier molecular flexibility index (Phi) is 24.4. The van der Waals surface area contributed by atoms with E-state index in [1.165, 1.54) is 103 Å². The van der Waals surface area contributed by atoms with Crippen molar-refractivity contribution in [1.29, 1.82) is 0 Å². The molecule has 21 nitrogen and oxygen atoms in total. The van der Waals surface area contributed by atoms with E-state index in [4.69, 9.17) is 34.0 Å². The van der Waals surface area contributed by atoms with E-state index in [9.17, 15) is 19.2 Å². The van der Waals surface area contributed by atoms with Crippen molar-refractivity contribution in [1.82, 2.24) is 45.2 Å². The molecule has 0 aliphatic carbocycles. The van der Waals surface area contributed by atoms with Gasteiger partial charge in [-0.25, -0.2) is 24.7 Å². The lowest BCUT2D eigenvalue weighted by Crippen LogP contribution is -2.35. The van der Waals surface area contributed by atoms with E-state index in [0.717, 1.165) is 158 Å². The summed E-state index contributed by atoms with van der Waals surface area (Å²) in [6.45, 7) is 21.8. The van der Waals surface area contributed by atoms with Crippen LogP contribution in [0.2, 0.25) is 8.93 Å². The summed E-state index contributed by atoms with van der Waals surface area (Å²) in [4.78, 5) is 94.7.